The number of aromatic hydroxyl groups is 1. The molecule has 0 fully saturated rings. The molecule has 1 aromatic carbocycles. The van der Waals surface area contributed by atoms with Crippen LogP contribution in [0, 0.1) is 13.8 Å². The summed E-state index contributed by atoms with van der Waals surface area (Å²) in [6, 6.07) is 6.28. The lowest BCUT2D eigenvalue weighted by atomic mass is 10.0. The predicted octanol–water partition coefficient (Wildman–Crippen LogP) is 2.19. The van der Waals surface area contributed by atoms with Crippen molar-refractivity contribution in [1.82, 2.24) is 19.9 Å². The zero-order chi connectivity index (χ0) is 20.5. The minimum atomic E-state index is -0.268. The molecular formula is C21H20N4O4. The molecular weight excluding hydrogens is 372 g/mol. The summed E-state index contributed by atoms with van der Waals surface area (Å²) in [6.07, 6.45) is 3.09. The van der Waals surface area contributed by atoms with Gasteiger partial charge in [0.1, 0.15) is 6.61 Å². The largest absolute Gasteiger partial charge is 0.504 e. The van der Waals surface area contributed by atoms with Crippen molar-refractivity contribution in [3.05, 3.63) is 69.5 Å². The van der Waals surface area contributed by atoms with Crippen LogP contribution in [0.4, 0.5) is 0 Å². The van der Waals surface area contributed by atoms with Crippen LogP contribution >= 0.6 is 0 Å². The summed E-state index contributed by atoms with van der Waals surface area (Å²) in [6.45, 7) is 4.57. The molecule has 1 aliphatic rings. The van der Waals surface area contributed by atoms with Crippen molar-refractivity contribution < 1.29 is 14.6 Å². The molecule has 148 valence electrons. The van der Waals surface area contributed by atoms with Gasteiger partial charge in [-0.25, -0.2) is 4.98 Å². The fourth-order valence-corrected chi connectivity index (χ4v) is 3.35. The van der Waals surface area contributed by atoms with Gasteiger partial charge < -0.3 is 19.7 Å². The lowest BCUT2D eigenvalue weighted by Gasteiger charge is -2.20. The Kier molecular flexibility index (Phi) is 4.75. The zero-order valence-corrected chi connectivity index (χ0v) is 16.1. The summed E-state index contributed by atoms with van der Waals surface area (Å²) >= 11 is 0. The van der Waals surface area contributed by atoms with Gasteiger partial charge in [0.2, 0.25) is 5.56 Å². The molecule has 0 aliphatic carbocycles. The maximum absolute atomic E-state index is 12.9. The molecule has 0 radical (unpaired) electrons. The Morgan fingerprint density at radius 2 is 2.10 bits per heavy atom. The monoisotopic (exact) mass is 392 g/mol. The lowest BCUT2D eigenvalue weighted by molar-refractivity contribution is 0.0732. The number of phenolic OH excluding ortho intramolecular Hbond substituents is 1. The molecule has 0 saturated heterocycles. The van der Waals surface area contributed by atoms with Crippen LogP contribution in [0.2, 0.25) is 0 Å². The summed E-state index contributed by atoms with van der Waals surface area (Å²) < 4.78 is 5.72. The summed E-state index contributed by atoms with van der Waals surface area (Å²) in [7, 11) is 0. The molecule has 0 bridgehead atoms. The number of nitrogens with zero attached hydrogens (tertiary/aromatic N) is 3. The quantitative estimate of drug-likeness (QED) is 0.692. The van der Waals surface area contributed by atoms with Gasteiger partial charge in [-0.05, 0) is 32.0 Å². The number of phenols is 1. The average molecular weight is 392 g/mol. The highest BCUT2D eigenvalue weighted by atomic mass is 16.5. The van der Waals surface area contributed by atoms with Crippen molar-refractivity contribution in [3.8, 4) is 22.8 Å². The van der Waals surface area contributed by atoms with Crippen LogP contribution in [0.25, 0.3) is 11.3 Å². The van der Waals surface area contributed by atoms with E-state index in [1.54, 1.807) is 17.2 Å². The number of benzene rings is 1. The number of carbonyl (C=O) groups is 1. The number of ether oxygens (including phenoxy) is 1. The van der Waals surface area contributed by atoms with Crippen molar-refractivity contribution in [2.75, 3.05) is 13.2 Å². The molecule has 3 aromatic rings. The highest BCUT2D eigenvalue weighted by molar-refractivity contribution is 5.94. The van der Waals surface area contributed by atoms with Gasteiger partial charge in [0, 0.05) is 36.1 Å². The number of pyridine rings is 1. The molecule has 0 unspecified atom stereocenters. The zero-order valence-electron chi connectivity index (χ0n) is 16.1. The predicted molar refractivity (Wildman–Crippen MR) is 106 cm³/mol. The molecule has 8 heteroatoms. The third-order valence-electron chi connectivity index (χ3n) is 4.78. The van der Waals surface area contributed by atoms with Crippen molar-refractivity contribution in [2.45, 2.75) is 20.4 Å². The van der Waals surface area contributed by atoms with E-state index in [-0.39, 0.29) is 30.4 Å². The molecule has 2 aromatic heterocycles. The van der Waals surface area contributed by atoms with Gasteiger partial charge >= 0.3 is 0 Å². The van der Waals surface area contributed by atoms with Crippen molar-refractivity contribution in [2.24, 2.45) is 0 Å². The normalized spacial score (nSPS) is 13.4. The third kappa shape index (κ3) is 3.69. The first-order chi connectivity index (χ1) is 13.9. The summed E-state index contributed by atoms with van der Waals surface area (Å²) in [5, 5.41) is 10.5. The van der Waals surface area contributed by atoms with Crippen LogP contribution in [-0.4, -0.2) is 44.0 Å². The molecule has 0 saturated carbocycles. The molecule has 1 amide bonds. The van der Waals surface area contributed by atoms with Gasteiger partial charge in [-0.1, -0.05) is 0 Å². The van der Waals surface area contributed by atoms with Gasteiger partial charge in [-0.2, -0.15) is 0 Å². The average Bonchev–Trinajstić information content (AvgIpc) is 2.93. The first-order valence-electron chi connectivity index (χ1n) is 9.19. The molecule has 0 atom stereocenters. The number of nitrogens with one attached hydrogen (secondary N) is 1. The number of fused-ring (bicyclic) bond motifs is 1. The van der Waals surface area contributed by atoms with Crippen LogP contribution < -0.4 is 10.3 Å². The van der Waals surface area contributed by atoms with E-state index >= 15 is 0 Å². The van der Waals surface area contributed by atoms with E-state index in [2.05, 4.69) is 15.0 Å². The summed E-state index contributed by atoms with van der Waals surface area (Å²) in [5.41, 5.74) is 3.68. The Hall–Kier alpha value is -3.68. The second kappa shape index (κ2) is 7.38. The molecule has 29 heavy (non-hydrogen) atoms. The van der Waals surface area contributed by atoms with Crippen LogP contribution in [0.5, 0.6) is 11.5 Å². The molecule has 8 nitrogen and oxygen atoms in total. The minimum absolute atomic E-state index is 0.00135. The Morgan fingerprint density at radius 1 is 1.28 bits per heavy atom. The number of carbonyl (C=O) groups excluding carboxylic acids is 1. The smallest absolute Gasteiger partial charge is 0.255 e. The maximum atomic E-state index is 12.9. The maximum Gasteiger partial charge on any atom is 0.255 e. The van der Waals surface area contributed by atoms with Gasteiger partial charge in [-0.15, -0.1) is 0 Å². The van der Waals surface area contributed by atoms with Crippen LogP contribution in [0.1, 0.15) is 27.3 Å². The highest BCUT2D eigenvalue weighted by Gasteiger charge is 2.24. The summed E-state index contributed by atoms with van der Waals surface area (Å²) in [5.74, 6) is 0.136. The fourth-order valence-electron chi connectivity index (χ4n) is 3.35. The van der Waals surface area contributed by atoms with Gasteiger partial charge in [0.25, 0.3) is 5.91 Å². The van der Waals surface area contributed by atoms with Crippen LogP contribution in [0.3, 0.4) is 0 Å². The number of aromatic amines is 1. The van der Waals surface area contributed by atoms with Crippen LogP contribution in [-0.2, 0) is 6.54 Å². The Balaban J connectivity index is 1.72. The number of H-pyrrole nitrogens is 1. The van der Waals surface area contributed by atoms with E-state index in [4.69, 9.17) is 4.74 Å². The van der Waals surface area contributed by atoms with E-state index in [1.165, 1.54) is 18.3 Å². The molecule has 1 aliphatic heterocycles. The van der Waals surface area contributed by atoms with Crippen molar-refractivity contribution in [3.63, 3.8) is 0 Å². The minimum Gasteiger partial charge on any atom is -0.504 e. The number of rotatable bonds is 2. The number of hydrogen-bond acceptors (Lipinski definition) is 6. The molecule has 2 N–H and O–H groups in total. The Labute approximate surface area is 166 Å². The number of hydrogen-bond donors (Lipinski definition) is 2. The van der Waals surface area contributed by atoms with Gasteiger partial charge in [0.15, 0.2) is 11.5 Å². The summed E-state index contributed by atoms with van der Waals surface area (Å²) in [4.78, 5) is 37.1. The number of aryl methyl sites for hydroxylation is 2. The SMILES string of the molecule is Cc1cnc(C)c(-c2cc(O)c3c(c2)CN(C(=O)c2ccc(=O)[nH]c2)CCO3)n1. The van der Waals surface area contributed by atoms with E-state index in [0.717, 1.165) is 11.4 Å². The lowest BCUT2D eigenvalue weighted by Crippen LogP contribution is -2.32. The first kappa shape index (κ1) is 18.7. The molecule has 4 rings (SSSR count). The Morgan fingerprint density at radius 3 is 2.86 bits per heavy atom. The number of amides is 1. The van der Waals surface area contributed by atoms with E-state index in [0.29, 0.717) is 34.7 Å². The topological polar surface area (TPSA) is 108 Å². The second-order valence-electron chi connectivity index (χ2n) is 6.95. The van der Waals surface area contributed by atoms with Gasteiger partial charge in [0.05, 0.1) is 29.2 Å². The van der Waals surface area contributed by atoms with E-state index in [1.807, 2.05) is 19.9 Å². The third-order valence-corrected chi connectivity index (χ3v) is 4.78. The standard InChI is InChI=1S/C21H20N4O4/c1-12-9-22-13(2)19(24-12)15-7-16-11-25(5-6-29-20(16)17(26)8-15)21(28)14-3-4-18(27)23-10-14/h3-4,7-10,26H,5-6,11H2,1-2H3,(H,23,27). The fraction of sp³-hybridized carbons (Fsp3) is 0.238. The van der Waals surface area contributed by atoms with E-state index in [9.17, 15) is 14.7 Å². The van der Waals surface area contributed by atoms with Crippen LogP contribution in [0.15, 0.2) is 41.5 Å². The molecule has 3 heterocycles. The van der Waals surface area contributed by atoms with Gasteiger partial charge in [-0.3, -0.25) is 14.6 Å². The first-order valence-corrected chi connectivity index (χ1v) is 9.19. The molecule has 0 spiro atoms. The number of aromatic nitrogens is 3. The van der Waals surface area contributed by atoms with E-state index < -0.39 is 0 Å². The highest BCUT2D eigenvalue weighted by Crippen LogP contribution is 2.37. The Bertz CT molecular complexity index is 1140. The van der Waals surface area contributed by atoms with Crippen molar-refractivity contribution >= 4 is 5.91 Å². The van der Waals surface area contributed by atoms with Crippen molar-refractivity contribution in [1.29, 1.82) is 0 Å². The second-order valence-corrected chi connectivity index (χ2v) is 6.95.